The van der Waals surface area contributed by atoms with Gasteiger partial charge in [-0.3, -0.25) is 0 Å². The summed E-state index contributed by atoms with van der Waals surface area (Å²) in [6.07, 6.45) is 3.37. The van der Waals surface area contributed by atoms with Crippen LogP contribution in [0, 0.1) is 0 Å². The standard InChI is InChI=1S/C16H16BClN2O2/c1-16(2,10-4-3-5-12(18)6-10)14-9-20-15-13(14)7-11(8-19-15)17(21)22/h3-9,21-22H,1-2H3,(H,19,20). The molecule has 22 heavy (non-hydrogen) atoms. The molecule has 0 radical (unpaired) electrons. The van der Waals surface area contributed by atoms with Crippen molar-refractivity contribution in [2.75, 3.05) is 0 Å². The maximum absolute atomic E-state index is 9.36. The number of nitrogens with one attached hydrogen (secondary N) is 1. The molecule has 1 aromatic carbocycles. The number of hydrogen-bond acceptors (Lipinski definition) is 3. The van der Waals surface area contributed by atoms with Gasteiger partial charge in [0, 0.05) is 33.7 Å². The minimum atomic E-state index is -1.53. The van der Waals surface area contributed by atoms with Crippen LogP contribution in [0.5, 0.6) is 0 Å². The first-order valence-electron chi connectivity index (χ1n) is 6.99. The van der Waals surface area contributed by atoms with Crippen LogP contribution >= 0.6 is 11.6 Å². The van der Waals surface area contributed by atoms with Gasteiger partial charge in [0.25, 0.3) is 0 Å². The largest absolute Gasteiger partial charge is 0.490 e. The molecule has 3 N–H and O–H groups in total. The maximum Gasteiger partial charge on any atom is 0.490 e. The van der Waals surface area contributed by atoms with Crippen molar-refractivity contribution in [3.8, 4) is 0 Å². The molecule has 3 aromatic rings. The third-order valence-corrected chi connectivity index (χ3v) is 4.31. The van der Waals surface area contributed by atoms with Crippen LogP contribution < -0.4 is 5.46 Å². The van der Waals surface area contributed by atoms with E-state index in [-0.39, 0.29) is 5.41 Å². The van der Waals surface area contributed by atoms with Crippen LogP contribution in [0.3, 0.4) is 0 Å². The van der Waals surface area contributed by atoms with Crippen LogP contribution in [-0.4, -0.2) is 27.1 Å². The number of aromatic amines is 1. The SMILES string of the molecule is CC(C)(c1cccc(Cl)c1)c1c[nH]c2ncc(B(O)O)cc12. The van der Waals surface area contributed by atoms with E-state index >= 15 is 0 Å². The smallest absolute Gasteiger partial charge is 0.423 e. The van der Waals surface area contributed by atoms with Crippen LogP contribution in [0.1, 0.15) is 25.0 Å². The van der Waals surface area contributed by atoms with Crippen molar-refractivity contribution in [3.05, 3.63) is 58.9 Å². The second-order valence-corrected chi connectivity index (χ2v) is 6.31. The summed E-state index contributed by atoms with van der Waals surface area (Å²) in [5.74, 6) is 0. The van der Waals surface area contributed by atoms with E-state index in [1.54, 1.807) is 6.07 Å². The van der Waals surface area contributed by atoms with Gasteiger partial charge in [-0.2, -0.15) is 0 Å². The number of H-pyrrole nitrogens is 1. The summed E-state index contributed by atoms with van der Waals surface area (Å²) in [6.45, 7) is 4.20. The van der Waals surface area contributed by atoms with Gasteiger partial charge >= 0.3 is 7.12 Å². The Bertz CT molecular complexity index is 830. The van der Waals surface area contributed by atoms with E-state index in [4.69, 9.17) is 11.6 Å². The minimum absolute atomic E-state index is 0.302. The Balaban J connectivity index is 2.18. The van der Waals surface area contributed by atoms with Crippen molar-refractivity contribution in [1.82, 2.24) is 9.97 Å². The molecule has 0 aliphatic rings. The fraction of sp³-hybridized carbons (Fsp3) is 0.188. The molecule has 3 rings (SSSR count). The van der Waals surface area contributed by atoms with Crippen LogP contribution in [0.2, 0.25) is 5.02 Å². The Hall–Kier alpha value is -1.82. The van der Waals surface area contributed by atoms with Gasteiger partial charge in [-0.15, -0.1) is 0 Å². The number of pyridine rings is 1. The molecule has 2 aromatic heterocycles. The van der Waals surface area contributed by atoms with Gasteiger partial charge in [0.05, 0.1) is 0 Å². The van der Waals surface area contributed by atoms with Crippen molar-refractivity contribution < 1.29 is 10.0 Å². The molecule has 0 atom stereocenters. The lowest BCUT2D eigenvalue weighted by molar-refractivity contribution is 0.425. The van der Waals surface area contributed by atoms with E-state index in [0.717, 1.165) is 22.2 Å². The Morgan fingerprint density at radius 3 is 2.68 bits per heavy atom. The molecule has 4 nitrogen and oxygen atoms in total. The number of aromatic nitrogens is 2. The topological polar surface area (TPSA) is 69.1 Å². The molecule has 0 saturated carbocycles. The lowest BCUT2D eigenvalue weighted by Crippen LogP contribution is -2.30. The van der Waals surface area contributed by atoms with Crippen LogP contribution in [0.15, 0.2) is 42.7 Å². The van der Waals surface area contributed by atoms with Crippen LogP contribution in [0.4, 0.5) is 0 Å². The summed E-state index contributed by atoms with van der Waals surface area (Å²) in [7, 11) is -1.53. The molecule has 0 amide bonds. The van der Waals surface area contributed by atoms with Crippen molar-refractivity contribution in [2.24, 2.45) is 0 Å². The van der Waals surface area contributed by atoms with Crippen molar-refractivity contribution in [2.45, 2.75) is 19.3 Å². The molecule has 2 heterocycles. The number of rotatable bonds is 3. The van der Waals surface area contributed by atoms with Gasteiger partial charge < -0.3 is 15.0 Å². The third-order valence-electron chi connectivity index (χ3n) is 4.07. The van der Waals surface area contributed by atoms with E-state index in [1.165, 1.54) is 6.20 Å². The number of hydrogen-bond donors (Lipinski definition) is 3. The lowest BCUT2D eigenvalue weighted by Gasteiger charge is -2.25. The molecule has 0 unspecified atom stereocenters. The molecular weight excluding hydrogens is 298 g/mol. The summed E-state index contributed by atoms with van der Waals surface area (Å²) < 4.78 is 0. The highest BCUT2D eigenvalue weighted by Gasteiger charge is 2.27. The average Bonchev–Trinajstić information content (AvgIpc) is 2.90. The Morgan fingerprint density at radius 1 is 1.23 bits per heavy atom. The van der Waals surface area contributed by atoms with Gasteiger partial charge in [-0.05, 0) is 29.3 Å². The van der Waals surface area contributed by atoms with E-state index in [0.29, 0.717) is 10.5 Å². The van der Waals surface area contributed by atoms with Crippen molar-refractivity contribution in [3.63, 3.8) is 0 Å². The monoisotopic (exact) mass is 314 g/mol. The molecule has 6 heteroatoms. The van der Waals surface area contributed by atoms with Gasteiger partial charge in [-0.1, -0.05) is 37.6 Å². The Morgan fingerprint density at radius 2 is 2.00 bits per heavy atom. The molecule has 0 aliphatic heterocycles. The predicted octanol–water partition coefficient (Wildman–Crippen LogP) is 2.22. The van der Waals surface area contributed by atoms with Crippen molar-refractivity contribution >= 4 is 35.2 Å². The van der Waals surface area contributed by atoms with E-state index in [9.17, 15) is 10.0 Å². The zero-order valence-electron chi connectivity index (χ0n) is 12.3. The maximum atomic E-state index is 9.36. The number of halogens is 1. The fourth-order valence-electron chi connectivity index (χ4n) is 2.71. The molecule has 0 spiro atoms. The van der Waals surface area contributed by atoms with Gasteiger partial charge in [0.15, 0.2) is 0 Å². The van der Waals surface area contributed by atoms with Crippen LogP contribution in [-0.2, 0) is 5.41 Å². The molecule has 112 valence electrons. The molecule has 0 fully saturated rings. The zero-order valence-corrected chi connectivity index (χ0v) is 13.1. The fourth-order valence-corrected chi connectivity index (χ4v) is 2.90. The van der Waals surface area contributed by atoms with Gasteiger partial charge in [-0.25, -0.2) is 4.98 Å². The second kappa shape index (κ2) is 5.43. The molecule has 0 bridgehead atoms. The van der Waals surface area contributed by atoms with Crippen molar-refractivity contribution in [1.29, 1.82) is 0 Å². The third kappa shape index (κ3) is 2.52. The summed E-state index contributed by atoms with van der Waals surface area (Å²) >= 11 is 6.11. The highest BCUT2D eigenvalue weighted by molar-refractivity contribution is 6.58. The first-order chi connectivity index (χ1) is 10.4. The van der Waals surface area contributed by atoms with E-state index in [2.05, 4.69) is 23.8 Å². The Kier molecular flexibility index (Phi) is 3.72. The van der Waals surface area contributed by atoms with Gasteiger partial charge in [0.2, 0.25) is 0 Å². The summed E-state index contributed by atoms with van der Waals surface area (Å²) in [5, 5.41) is 20.3. The minimum Gasteiger partial charge on any atom is -0.423 e. The normalized spacial score (nSPS) is 11.9. The number of benzene rings is 1. The number of nitrogens with zero attached hydrogens (tertiary/aromatic N) is 1. The quantitative estimate of drug-likeness (QED) is 0.649. The van der Waals surface area contributed by atoms with E-state index < -0.39 is 7.12 Å². The van der Waals surface area contributed by atoms with Crippen LogP contribution in [0.25, 0.3) is 11.0 Å². The summed E-state index contributed by atoms with van der Waals surface area (Å²) in [6, 6.07) is 9.50. The predicted molar refractivity (Wildman–Crippen MR) is 89.5 cm³/mol. The zero-order chi connectivity index (χ0) is 15.9. The highest BCUT2D eigenvalue weighted by atomic mass is 35.5. The van der Waals surface area contributed by atoms with Gasteiger partial charge in [0.1, 0.15) is 5.65 Å². The van der Waals surface area contributed by atoms with E-state index in [1.807, 2.05) is 30.5 Å². The first-order valence-corrected chi connectivity index (χ1v) is 7.37. The average molecular weight is 315 g/mol. The summed E-state index contributed by atoms with van der Waals surface area (Å²) in [4.78, 5) is 7.38. The molecule has 0 aliphatic carbocycles. The first kappa shape index (κ1) is 15.1. The second-order valence-electron chi connectivity index (χ2n) is 5.88. The number of fused-ring (bicyclic) bond motifs is 1. The molecule has 0 saturated heterocycles. The molecular formula is C16H16BClN2O2. The lowest BCUT2D eigenvalue weighted by atomic mass is 9.76. The Labute approximate surface area is 133 Å². The highest BCUT2D eigenvalue weighted by Crippen LogP contribution is 2.36. The summed E-state index contributed by atoms with van der Waals surface area (Å²) in [5.41, 5.74) is 2.89.